The molecule has 1 N–H and O–H groups in total. The van der Waals surface area contributed by atoms with Gasteiger partial charge in [0, 0.05) is 10.2 Å². The topological polar surface area (TPSA) is 47.6 Å². The molecule has 0 radical (unpaired) electrons. The fraction of sp³-hybridized carbons (Fsp3) is 0.278. The minimum absolute atomic E-state index is 0.0605. The largest absolute Gasteiger partial charge is 0.494 e. The van der Waals surface area contributed by atoms with Crippen LogP contribution in [-0.4, -0.2) is 19.1 Å². The number of nitrogens with one attached hydrogen (secondary N) is 1. The third-order valence-electron chi connectivity index (χ3n) is 3.16. The maximum absolute atomic E-state index is 12.0. The van der Waals surface area contributed by atoms with Gasteiger partial charge in [-0.05, 0) is 64.8 Å². The molecular weight excluding hydrogens is 438 g/mol. The lowest BCUT2D eigenvalue weighted by molar-refractivity contribution is -0.118. The second-order valence-corrected chi connectivity index (χ2v) is 6.91. The normalized spacial score (nSPS) is 10.3. The summed E-state index contributed by atoms with van der Waals surface area (Å²) in [5.74, 6) is 1.20. The average Bonchev–Trinajstić information content (AvgIpc) is 2.56. The van der Waals surface area contributed by atoms with E-state index in [1.165, 1.54) is 0 Å². The molecule has 0 aliphatic heterocycles. The van der Waals surface area contributed by atoms with Crippen LogP contribution in [0.2, 0.25) is 0 Å². The lowest BCUT2D eigenvalue weighted by Gasteiger charge is -2.10. The summed E-state index contributed by atoms with van der Waals surface area (Å²) >= 11 is 6.77. The SMILES string of the molecule is CCCCOc1ccc(NC(=O)COc2ccc(Br)cc2Br)cc1. The fourth-order valence-electron chi connectivity index (χ4n) is 1.90. The molecule has 0 spiro atoms. The highest BCUT2D eigenvalue weighted by Crippen LogP contribution is 2.28. The second-order valence-electron chi connectivity index (χ2n) is 5.14. The van der Waals surface area contributed by atoms with Crippen molar-refractivity contribution in [1.29, 1.82) is 0 Å². The molecule has 6 heteroatoms. The standard InChI is InChI=1S/C18H19Br2NO3/c1-2-3-10-23-15-7-5-14(6-8-15)21-18(22)12-24-17-9-4-13(19)11-16(17)20/h4-9,11H,2-3,10,12H2,1H3,(H,21,22). The number of carbonyl (C=O) groups excluding carboxylic acids is 1. The summed E-state index contributed by atoms with van der Waals surface area (Å²) in [6.45, 7) is 2.77. The number of amides is 1. The van der Waals surface area contributed by atoms with Crippen molar-refractivity contribution in [3.05, 3.63) is 51.4 Å². The Labute approximate surface area is 158 Å². The quantitative estimate of drug-likeness (QED) is 0.540. The molecule has 128 valence electrons. The zero-order chi connectivity index (χ0) is 17.4. The Morgan fingerprint density at radius 3 is 2.50 bits per heavy atom. The van der Waals surface area contributed by atoms with Crippen LogP contribution in [0.25, 0.3) is 0 Å². The highest BCUT2D eigenvalue weighted by atomic mass is 79.9. The third kappa shape index (κ3) is 6.17. The minimum atomic E-state index is -0.218. The van der Waals surface area contributed by atoms with E-state index in [4.69, 9.17) is 9.47 Å². The molecule has 1 amide bonds. The highest BCUT2D eigenvalue weighted by molar-refractivity contribution is 9.11. The van der Waals surface area contributed by atoms with Gasteiger partial charge in [-0.1, -0.05) is 29.3 Å². The van der Waals surface area contributed by atoms with Crippen LogP contribution in [0.5, 0.6) is 11.5 Å². The minimum Gasteiger partial charge on any atom is -0.494 e. The Kier molecular flexibility index (Phi) is 7.59. The van der Waals surface area contributed by atoms with E-state index in [1.807, 2.05) is 36.4 Å². The molecule has 0 atom stereocenters. The van der Waals surface area contributed by atoms with Crippen LogP contribution in [0.3, 0.4) is 0 Å². The smallest absolute Gasteiger partial charge is 0.262 e. The fourth-order valence-corrected chi connectivity index (χ4v) is 3.06. The van der Waals surface area contributed by atoms with Crippen LogP contribution in [0.4, 0.5) is 5.69 Å². The molecule has 4 nitrogen and oxygen atoms in total. The number of rotatable bonds is 8. The van der Waals surface area contributed by atoms with Gasteiger partial charge in [0.1, 0.15) is 11.5 Å². The van der Waals surface area contributed by atoms with Crippen LogP contribution in [-0.2, 0) is 4.79 Å². The maximum Gasteiger partial charge on any atom is 0.262 e. The van der Waals surface area contributed by atoms with Crippen molar-refractivity contribution in [3.8, 4) is 11.5 Å². The van der Waals surface area contributed by atoms with Crippen LogP contribution < -0.4 is 14.8 Å². The molecule has 24 heavy (non-hydrogen) atoms. The Morgan fingerprint density at radius 1 is 1.08 bits per heavy atom. The third-order valence-corrected chi connectivity index (χ3v) is 4.27. The van der Waals surface area contributed by atoms with Crippen molar-refractivity contribution in [3.63, 3.8) is 0 Å². The molecule has 0 aliphatic rings. The van der Waals surface area contributed by atoms with E-state index in [2.05, 4.69) is 44.1 Å². The molecule has 0 saturated carbocycles. The van der Waals surface area contributed by atoms with E-state index >= 15 is 0 Å². The number of unbranched alkanes of at least 4 members (excludes halogenated alkanes) is 1. The summed E-state index contributed by atoms with van der Waals surface area (Å²) in [5, 5.41) is 2.79. The first kappa shape index (κ1) is 18.8. The molecule has 2 aromatic carbocycles. The molecule has 0 aromatic heterocycles. The van der Waals surface area contributed by atoms with Gasteiger partial charge in [-0.2, -0.15) is 0 Å². The number of carbonyl (C=O) groups is 1. The molecule has 2 rings (SSSR count). The Balaban J connectivity index is 1.81. The molecule has 0 fully saturated rings. The summed E-state index contributed by atoms with van der Waals surface area (Å²) in [7, 11) is 0. The highest BCUT2D eigenvalue weighted by Gasteiger charge is 2.07. The number of hydrogen-bond acceptors (Lipinski definition) is 3. The van der Waals surface area contributed by atoms with Crippen molar-refractivity contribution in [2.45, 2.75) is 19.8 Å². The predicted octanol–water partition coefficient (Wildman–Crippen LogP) is 5.41. The van der Waals surface area contributed by atoms with Crippen LogP contribution in [0.15, 0.2) is 51.4 Å². The van der Waals surface area contributed by atoms with Gasteiger partial charge in [-0.25, -0.2) is 0 Å². The van der Waals surface area contributed by atoms with Gasteiger partial charge in [-0.15, -0.1) is 0 Å². The molecule has 0 saturated heterocycles. The zero-order valence-corrected chi connectivity index (χ0v) is 16.5. The Morgan fingerprint density at radius 2 is 1.83 bits per heavy atom. The molecule has 0 bridgehead atoms. The zero-order valence-electron chi connectivity index (χ0n) is 13.4. The van der Waals surface area contributed by atoms with Gasteiger partial charge in [0.25, 0.3) is 5.91 Å². The van der Waals surface area contributed by atoms with Gasteiger partial charge < -0.3 is 14.8 Å². The molecule has 0 unspecified atom stereocenters. The number of hydrogen-bond donors (Lipinski definition) is 1. The first-order valence-electron chi connectivity index (χ1n) is 7.69. The first-order valence-corrected chi connectivity index (χ1v) is 9.27. The lowest BCUT2D eigenvalue weighted by atomic mass is 10.3. The van der Waals surface area contributed by atoms with E-state index in [1.54, 1.807) is 6.07 Å². The number of benzene rings is 2. The van der Waals surface area contributed by atoms with E-state index in [0.717, 1.165) is 27.5 Å². The van der Waals surface area contributed by atoms with E-state index in [0.29, 0.717) is 18.0 Å². The summed E-state index contributed by atoms with van der Waals surface area (Å²) < 4.78 is 12.8. The van der Waals surface area contributed by atoms with Crippen molar-refractivity contribution in [2.24, 2.45) is 0 Å². The van der Waals surface area contributed by atoms with E-state index in [-0.39, 0.29) is 12.5 Å². The van der Waals surface area contributed by atoms with Crippen molar-refractivity contribution < 1.29 is 14.3 Å². The van der Waals surface area contributed by atoms with Gasteiger partial charge in [0.15, 0.2) is 6.61 Å². The molecule has 2 aromatic rings. The van der Waals surface area contributed by atoms with E-state index in [9.17, 15) is 4.79 Å². The van der Waals surface area contributed by atoms with Crippen LogP contribution in [0.1, 0.15) is 19.8 Å². The van der Waals surface area contributed by atoms with Crippen molar-refractivity contribution in [1.82, 2.24) is 0 Å². The van der Waals surface area contributed by atoms with Gasteiger partial charge >= 0.3 is 0 Å². The number of anilines is 1. The Bertz CT molecular complexity index is 674. The maximum atomic E-state index is 12.0. The molecular formula is C18H19Br2NO3. The Hall–Kier alpha value is -1.53. The molecule has 0 aliphatic carbocycles. The first-order chi connectivity index (χ1) is 11.6. The van der Waals surface area contributed by atoms with Crippen LogP contribution in [0, 0.1) is 0 Å². The summed E-state index contributed by atoms with van der Waals surface area (Å²) in [5.41, 5.74) is 0.710. The summed E-state index contributed by atoms with van der Waals surface area (Å²) in [4.78, 5) is 12.0. The number of halogens is 2. The average molecular weight is 457 g/mol. The second kappa shape index (κ2) is 9.69. The monoisotopic (exact) mass is 455 g/mol. The van der Waals surface area contributed by atoms with Crippen molar-refractivity contribution >= 4 is 43.5 Å². The summed E-state index contributed by atoms with van der Waals surface area (Å²) in [6.07, 6.45) is 2.13. The van der Waals surface area contributed by atoms with Gasteiger partial charge in [0.05, 0.1) is 11.1 Å². The predicted molar refractivity (Wildman–Crippen MR) is 103 cm³/mol. The number of ether oxygens (including phenoxy) is 2. The van der Waals surface area contributed by atoms with Crippen molar-refractivity contribution in [2.75, 3.05) is 18.5 Å². The summed E-state index contributed by atoms with van der Waals surface area (Å²) in [6, 6.07) is 12.8. The van der Waals surface area contributed by atoms with Gasteiger partial charge in [0.2, 0.25) is 0 Å². The van der Waals surface area contributed by atoms with E-state index < -0.39 is 0 Å². The van der Waals surface area contributed by atoms with Crippen LogP contribution >= 0.6 is 31.9 Å². The van der Waals surface area contributed by atoms with Gasteiger partial charge in [-0.3, -0.25) is 4.79 Å². The molecule has 0 heterocycles. The lowest BCUT2D eigenvalue weighted by Crippen LogP contribution is -2.20.